The second kappa shape index (κ2) is 5.50. The first kappa shape index (κ1) is 13.4. The fraction of sp³-hybridized carbons (Fsp3) is 0. The molecule has 0 fully saturated rings. The molecule has 4 nitrogen and oxygen atoms in total. The van der Waals surface area contributed by atoms with Gasteiger partial charge < -0.3 is 15.7 Å². The van der Waals surface area contributed by atoms with Crippen LogP contribution in [-0.4, -0.2) is 10.9 Å². The van der Waals surface area contributed by atoms with Crippen molar-refractivity contribution in [3.8, 4) is 5.75 Å². The highest BCUT2D eigenvalue weighted by atomic mass is 16.3. The third-order valence-electron chi connectivity index (χ3n) is 3.74. The van der Waals surface area contributed by atoms with Crippen molar-refractivity contribution < 1.29 is 5.11 Å². The van der Waals surface area contributed by atoms with Gasteiger partial charge in [0.25, 0.3) is 0 Å². The summed E-state index contributed by atoms with van der Waals surface area (Å²) in [5.74, 6) is 0.887. The van der Waals surface area contributed by atoms with E-state index in [9.17, 15) is 5.11 Å². The Bertz CT molecular complexity index is 902. The predicted octanol–water partition coefficient (Wildman–Crippen LogP) is 4.64. The van der Waals surface area contributed by atoms with E-state index in [1.54, 1.807) is 12.1 Å². The molecular formula is C19H15N3O. The molecule has 0 amide bonds. The molecular weight excluding hydrogens is 286 g/mol. The second-order valence-electron chi connectivity index (χ2n) is 5.29. The standard InChI is InChI=1S/C19H15N3O/c23-18-12-6-5-11-17(18)22-19-13-7-1-2-8-14(13)20-15-9-3-4-10-16(15)21-19/h1-12,20,23H,(H,21,22). The first-order chi connectivity index (χ1) is 11.3. The predicted molar refractivity (Wildman–Crippen MR) is 94.1 cm³/mol. The SMILES string of the molecule is Oc1ccccc1NC1=Nc2ccccc2Nc2ccccc21. The first-order valence-corrected chi connectivity index (χ1v) is 7.40. The Labute approximate surface area is 134 Å². The van der Waals surface area contributed by atoms with Crippen molar-refractivity contribution in [3.05, 3.63) is 78.4 Å². The zero-order chi connectivity index (χ0) is 15.6. The van der Waals surface area contributed by atoms with Gasteiger partial charge in [0.1, 0.15) is 11.6 Å². The second-order valence-corrected chi connectivity index (χ2v) is 5.29. The van der Waals surface area contributed by atoms with Crippen LogP contribution in [0.15, 0.2) is 77.8 Å². The smallest absolute Gasteiger partial charge is 0.140 e. The minimum absolute atomic E-state index is 0.193. The fourth-order valence-electron chi connectivity index (χ4n) is 2.60. The van der Waals surface area contributed by atoms with Gasteiger partial charge in [0.2, 0.25) is 0 Å². The van der Waals surface area contributed by atoms with Crippen LogP contribution in [0.5, 0.6) is 5.75 Å². The third kappa shape index (κ3) is 2.51. The number of nitrogens with zero attached hydrogens (tertiary/aromatic N) is 1. The van der Waals surface area contributed by atoms with Gasteiger partial charge in [-0.25, -0.2) is 4.99 Å². The summed E-state index contributed by atoms with van der Waals surface area (Å²) < 4.78 is 0. The van der Waals surface area contributed by atoms with E-state index in [0.29, 0.717) is 11.5 Å². The van der Waals surface area contributed by atoms with Crippen LogP contribution in [-0.2, 0) is 0 Å². The molecule has 112 valence electrons. The molecule has 0 atom stereocenters. The Balaban J connectivity index is 1.86. The quantitative estimate of drug-likeness (QED) is 0.574. The van der Waals surface area contributed by atoms with Gasteiger partial charge in [0, 0.05) is 11.3 Å². The molecule has 0 unspecified atom stereocenters. The first-order valence-electron chi connectivity index (χ1n) is 7.40. The monoisotopic (exact) mass is 301 g/mol. The number of hydrogen-bond donors (Lipinski definition) is 3. The Morgan fingerprint density at radius 3 is 2.35 bits per heavy atom. The number of aliphatic imine (C=N–C) groups is 1. The number of hydrogen-bond acceptors (Lipinski definition) is 4. The Hall–Kier alpha value is -3.27. The Kier molecular flexibility index (Phi) is 3.20. The zero-order valence-electron chi connectivity index (χ0n) is 12.3. The molecule has 23 heavy (non-hydrogen) atoms. The van der Waals surface area contributed by atoms with Gasteiger partial charge in [-0.05, 0) is 36.4 Å². The van der Waals surface area contributed by atoms with E-state index in [4.69, 9.17) is 4.99 Å². The molecule has 0 aliphatic carbocycles. The molecule has 0 spiro atoms. The molecule has 4 heteroatoms. The highest BCUT2D eigenvalue weighted by Crippen LogP contribution is 2.34. The van der Waals surface area contributed by atoms with Crippen LogP contribution in [0.1, 0.15) is 5.56 Å². The summed E-state index contributed by atoms with van der Waals surface area (Å²) in [5.41, 5.74) is 4.35. The van der Waals surface area contributed by atoms with Crippen LogP contribution < -0.4 is 10.6 Å². The maximum absolute atomic E-state index is 10.0. The summed E-state index contributed by atoms with van der Waals surface area (Å²) in [7, 11) is 0. The van der Waals surface area contributed by atoms with Crippen LogP contribution in [0, 0.1) is 0 Å². The van der Waals surface area contributed by atoms with E-state index < -0.39 is 0 Å². The van der Waals surface area contributed by atoms with E-state index in [2.05, 4.69) is 10.6 Å². The average Bonchev–Trinajstić information content (AvgIpc) is 2.73. The highest BCUT2D eigenvalue weighted by Gasteiger charge is 2.16. The molecule has 1 heterocycles. The Morgan fingerprint density at radius 1 is 0.783 bits per heavy atom. The Morgan fingerprint density at radius 2 is 1.48 bits per heavy atom. The van der Waals surface area contributed by atoms with E-state index in [-0.39, 0.29) is 5.75 Å². The summed E-state index contributed by atoms with van der Waals surface area (Å²) in [5, 5.41) is 16.7. The number of para-hydroxylation sites is 5. The topological polar surface area (TPSA) is 56.6 Å². The van der Waals surface area contributed by atoms with Crippen molar-refractivity contribution in [2.24, 2.45) is 4.99 Å². The number of phenolic OH excluding ortho intramolecular Hbond substituents is 1. The fourth-order valence-corrected chi connectivity index (χ4v) is 2.60. The molecule has 0 radical (unpaired) electrons. The molecule has 0 aromatic heterocycles. The van der Waals surface area contributed by atoms with Crippen LogP contribution in [0.25, 0.3) is 0 Å². The van der Waals surface area contributed by atoms with Crippen LogP contribution in [0.4, 0.5) is 22.7 Å². The van der Waals surface area contributed by atoms with Crippen molar-refractivity contribution in [1.29, 1.82) is 0 Å². The largest absolute Gasteiger partial charge is 0.506 e. The lowest BCUT2D eigenvalue weighted by Gasteiger charge is -2.13. The highest BCUT2D eigenvalue weighted by molar-refractivity contribution is 6.15. The number of nitrogens with one attached hydrogen (secondary N) is 2. The number of amidine groups is 1. The number of phenols is 1. The summed E-state index contributed by atoms with van der Waals surface area (Å²) in [6.07, 6.45) is 0. The van der Waals surface area contributed by atoms with E-state index in [0.717, 1.165) is 22.6 Å². The van der Waals surface area contributed by atoms with Crippen molar-refractivity contribution in [2.45, 2.75) is 0 Å². The van der Waals surface area contributed by atoms with Crippen molar-refractivity contribution in [2.75, 3.05) is 10.6 Å². The average molecular weight is 301 g/mol. The van der Waals surface area contributed by atoms with Crippen LogP contribution >= 0.6 is 0 Å². The molecule has 1 aliphatic rings. The van der Waals surface area contributed by atoms with Gasteiger partial charge in [-0.15, -0.1) is 0 Å². The van der Waals surface area contributed by atoms with Gasteiger partial charge in [0.05, 0.1) is 17.1 Å². The molecule has 3 aromatic rings. The minimum atomic E-state index is 0.193. The molecule has 0 bridgehead atoms. The van der Waals surface area contributed by atoms with Crippen molar-refractivity contribution >= 4 is 28.6 Å². The zero-order valence-corrected chi connectivity index (χ0v) is 12.3. The number of fused-ring (bicyclic) bond motifs is 2. The van der Waals surface area contributed by atoms with Crippen molar-refractivity contribution in [1.82, 2.24) is 0 Å². The molecule has 3 aromatic carbocycles. The number of rotatable bonds is 1. The lowest BCUT2D eigenvalue weighted by molar-refractivity contribution is 0.478. The van der Waals surface area contributed by atoms with Gasteiger partial charge in [0.15, 0.2) is 0 Å². The summed E-state index contributed by atoms with van der Waals surface area (Å²) in [6.45, 7) is 0. The normalized spacial score (nSPS) is 12.3. The van der Waals surface area contributed by atoms with Crippen LogP contribution in [0.3, 0.4) is 0 Å². The third-order valence-corrected chi connectivity index (χ3v) is 3.74. The van der Waals surface area contributed by atoms with Gasteiger partial charge in [-0.1, -0.05) is 36.4 Å². The molecule has 3 N–H and O–H groups in total. The van der Waals surface area contributed by atoms with Crippen molar-refractivity contribution in [3.63, 3.8) is 0 Å². The number of anilines is 3. The lowest BCUT2D eigenvalue weighted by atomic mass is 10.1. The summed E-state index contributed by atoms with van der Waals surface area (Å²) in [6, 6.07) is 23.0. The van der Waals surface area contributed by atoms with Gasteiger partial charge in [-0.3, -0.25) is 0 Å². The summed E-state index contributed by atoms with van der Waals surface area (Å²) in [4.78, 5) is 4.75. The molecule has 4 rings (SSSR count). The van der Waals surface area contributed by atoms with E-state index >= 15 is 0 Å². The van der Waals surface area contributed by atoms with Crippen LogP contribution in [0.2, 0.25) is 0 Å². The summed E-state index contributed by atoms with van der Waals surface area (Å²) >= 11 is 0. The minimum Gasteiger partial charge on any atom is -0.506 e. The molecule has 1 aliphatic heterocycles. The lowest BCUT2D eigenvalue weighted by Crippen LogP contribution is -2.14. The number of benzene rings is 3. The van der Waals surface area contributed by atoms with E-state index in [1.165, 1.54) is 0 Å². The molecule has 0 saturated heterocycles. The van der Waals surface area contributed by atoms with Gasteiger partial charge in [-0.2, -0.15) is 0 Å². The maximum atomic E-state index is 10.0. The van der Waals surface area contributed by atoms with Gasteiger partial charge >= 0.3 is 0 Å². The van der Waals surface area contributed by atoms with E-state index in [1.807, 2.05) is 60.7 Å². The number of aromatic hydroxyl groups is 1. The molecule has 0 saturated carbocycles. The maximum Gasteiger partial charge on any atom is 0.140 e.